The van der Waals surface area contributed by atoms with Crippen molar-refractivity contribution in [2.75, 3.05) is 19.0 Å². The van der Waals surface area contributed by atoms with E-state index in [1.54, 1.807) is 0 Å². The molecule has 5 nitrogen and oxygen atoms in total. The summed E-state index contributed by atoms with van der Waals surface area (Å²) in [7, 11) is -4.52. The highest BCUT2D eigenvalue weighted by Gasteiger charge is 2.89. The second kappa shape index (κ2) is 13.1. The van der Waals surface area contributed by atoms with Gasteiger partial charge < -0.3 is 4.74 Å². The van der Waals surface area contributed by atoms with E-state index in [0.29, 0.717) is 5.56 Å². The van der Waals surface area contributed by atoms with Crippen molar-refractivity contribution in [2.24, 2.45) is 0 Å². The van der Waals surface area contributed by atoms with E-state index in [9.17, 15) is 109 Å². The number of ether oxygens (including phenoxy) is 3. The molecule has 0 radical (unpaired) electrons. The van der Waals surface area contributed by atoms with E-state index in [1.165, 1.54) is 19.1 Å². The molecule has 0 saturated carbocycles. The lowest BCUT2D eigenvalue weighted by Crippen LogP contribution is -2.70. The Morgan fingerprint density at radius 2 is 0.860 bits per heavy atom. The van der Waals surface area contributed by atoms with Crippen LogP contribution in [0.3, 0.4) is 0 Å². The molecular formula is C21H13F23O5S. The number of alkyl halides is 23. The summed E-state index contributed by atoms with van der Waals surface area (Å²) in [5.41, 5.74) is 0.472. The van der Waals surface area contributed by atoms with E-state index in [1.807, 2.05) is 0 Å². The van der Waals surface area contributed by atoms with Crippen molar-refractivity contribution in [1.82, 2.24) is 0 Å². The molecule has 0 aliphatic rings. The van der Waals surface area contributed by atoms with Crippen LogP contribution in [0, 0.1) is 6.92 Å². The summed E-state index contributed by atoms with van der Waals surface area (Å²) < 4.78 is 336. The van der Waals surface area contributed by atoms with Crippen molar-refractivity contribution in [3.05, 3.63) is 29.8 Å². The van der Waals surface area contributed by atoms with Gasteiger partial charge >= 0.3 is 66.1 Å². The van der Waals surface area contributed by atoms with Crippen LogP contribution in [0.25, 0.3) is 0 Å². The zero-order chi connectivity index (χ0) is 40.2. The highest BCUT2D eigenvalue weighted by Crippen LogP contribution is 2.60. The molecule has 1 aromatic carbocycles. The Morgan fingerprint density at radius 1 is 0.500 bits per heavy atom. The topological polar surface area (TPSA) is 61.8 Å². The summed E-state index contributed by atoms with van der Waals surface area (Å²) in [6.45, 7) is -3.46. The molecule has 0 aliphatic heterocycles. The van der Waals surface area contributed by atoms with Crippen molar-refractivity contribution < 1.29 is 124 Å². The SMILES string of the molecule is Cc1ccc(S(=O)(=O)CCOCC(F)(F)C(F)(F)C(F)(F)C(F)(F)C(F)(F)OC(F)(F)C(F)(F)OC(F)(F)C(F)(F)C(F)(F)C(F)(F)F)cc1. The minimum absolute atomic E-state index is 0.472. The maximum Gasteiger partial charge on any atom is 0.460 e. The van der Waals surface area contributed by atoms with Gasteiger partial charge in [-0.15, -0.1) is 0 Å². The summed E-state index contributed by atoms with van der Waals surface area (Å²) in [5, 5.41) is 0. The van der Waals surface area contributed by atoms with E-state index in [4.69, 9.17) is 0 Å². The molecule has 50 heavy (non-hydrogen) atoms. The van der Waals surface area contributed by atoms with Gasteiger partial charge in [0, 0.05) is 0 Å². The normalized spacial score (nSPS) is 15.8. The van der Waals surface area contributed by atoms with Crippen LogP contribution in [-0.2, 0) is 24.0 Å². The molecule has 29 heteroatoms. The zero-order valence-corrected chi connectivity index (χ0v) is 23.9. The lowest BCUT2D eigenvalue weighted by Gasteiger charge is -2.40. The fourth-order valence-corrected chi connectivity index (χ4v) is 3.99. The van der Waals surface area contributed by atoms with Gasteiger partial charge in [-0.25, -0.2) is 17.9 Å². The van der Waals surface area contributed by atoms with Crippen LogP contribution in [0.15, 0.2) is 29.2 Å². The summed E-state index contributed by atoms with van der Waals surface area (Å²) in [5.74, 6) is -50.0. The van der Waals surface area contributed by atoms with Gasteiger partial charge in [0.15, 0.2) is 9.84 Å². The molecule has 0 spiro atoms. The number of benzene rings is 1. The number of hydrogen-bond donors (Lipinski definition) is 0. The average molecular weight is 814 g/mol. The first-order valence-corrected chi connectivity index (χ1v) is 13.4. The van der Waals surface area contributed by atoms with Crippen LogP contribution in [0.1, 0.15) is 5.56 Å². The fourth-order valence-electron chi connectivity index (χ4n) is 2.86. The van der Waals surface area contributed by atoms with Gasteiger partial charge in [0.2, 0.25) is 0 Å². The third-order valence-electron chi connectivity index (χ3n) is 5.74. The minimum atomic E-state index is -8.64. The maximum atomic E-state index is 13.9. The van der Waals surface area contributed by atoms with E-state index in [0.717, 1.165) is 21.6 Å². The first-order valence-electron chi connectivity index (χ1n) is 11.7. The second-order valence-electron chi connectivity index (χ2n) is 9.53. The van der Waals surface area contributed by atoms with Gasteiger partial charge in [0.05, 0.1) is 17.3 Å². The van der Waals surface area contributed by atoms with Gasteiger partial charge in [0.1, 0.15) is 6.61 Å². The minimum Gasteiger partial charge on any atom is -0.374 e. The number of hydrogen-bond acceptors (Lipinski definition) is 5. The molecule has 0 heterocycles. The Kier molecular flexibility index (Phi) is 11.9. The van der Waals surface area contributed by atoms with E-state index in [-0.39, 0.29) is 0 Å². The van der Waals surface area contributed by atoms with E-state index in [2.05, 4.69) is 4.74 Å². The average Bonchev–Trinajstić information content (AvgIpc) is 2.88. The molecule has 0 atom stereocenters. The Hall–Kier alpha value is -2.56. The van der Waals surface area contributed by atoms with Gasteiger partial charge in [-0.3, -0.25) is 0 Å². The molecule has 0 unspecified atom stereocenters. The Labute approximate surface area is 261 Å². The Bertz CT molecular complexity index is 1440. The van der Waals surface area contributed by atoms with Crippen molar-refractivity contribution >= 4 is 9.84 Å². The van der Waals surface area contributed by atoms with Crippen LogP contribution >= 0.6 is 0 Å². The molecule has 0 amide bonds. The third kappa shape index (κ3) is 7.92. The van der Waals surface area contributed by atoms with Crippen LogP contribution in [0.4, 0.5) is 101 Å². The molecule has 294 valence electrons. The lowest BCUT2D eigenvalue weighted by atomic mass is 9.98. The third-order valence-corrected chi connectivity index (χ3v) is 7.44. The molecule has 0 bridgehead atoms. The van der Waals surface area contributed by atoms with Crippen LogP contribution in [0.5, 0.6) is 0 Å². The summed E-state index contributed by atoms with van der Waals surface area (Å²) in [6.07, 6.45) is -41.2. The highest BCUT2D eigenvalue weighted by atomic mass is 32.2. The van der Waals surface area contributed by atoms with Crippen LogP contribution in [-0.4, -0.2) is 93.5 Å². The van der Waals surface area contributed by atoms with Crippen molar-refractivity contribution in [1.29, 1.82) is 0 Å². The first kappa shape index (κ1) is 45.5. The maximum absolute atomic E-state index is 13.9. The Morgan fingerprint density at radius 3 is 1.22 bits per heavy atom. The van der Waals surface area contributed by atoms with Crippen molar-refractivity contribution in [3.8, 4) is 0 Å². The molecule has 0 saturated heterocycles. The van der Waals surface area contributed by atoms with Gasteiger partial charge in [-0.2, -0.15) is 101 Å². The summed E-state index contributed by atoms with van der Waals surface area (Å²) in [4.78, 5) is -0.568. The fraction of sp³-hybridized carbons (Fsp3) is 0.714. The number of aryl methyl sites for hydroxylation is 1. The van der Waals surface area contributed by atoms with Crippen LogP contribution < -0.4 is 0 Å². The largest absolute Gasteiger partial charge is 0.460 e. The summed E-state index contributed by atoms with van der Waals surface area (Å²) >= 11 is 0. The Balaban J connectivity index is 3.29. The van der Waals surface area contributed by atoms with E-state index >= 15 is 0 Å². The van der Waals surface area contributed by atoms with Gasteiger partial charge in [-0.1, -0.05) is 17.7 Å². The number of sulfone groups is 1. The molecule has 0 aromatic heterocycles. The van der Waals surface area contributed by atoms with Gasteiger partial charge in [-0.05, 0) is 19.1 Å². The molecule has 0 N–H and O–H groups in total. The number of rotatable bonds is 17. The standard InChI is InChI=1S/C21H13F23O5S/c1-9-2-4-10(5-3-9)50(45,46)7-6-47-8-11(22,23)12(24,25)13(26,27)15(30,31)18(37,38)48-20(41,42)21(43,44)49-19(39,40)16(32,33)14(28,29)17(34,35)36/h2-5H,6-8H2,1H3. The molecular weight excluding hydrogens is 801 g/mol. The van der Waals surface area contributed by atoms with E-state index < -0.39 is 99.8 Å². The molecule has 1 aromatic rings. The van der Waals surface area contributed by atoms with Crippen molar-refractivity contribution in [2.45, 2.75) is 78.0 Å². The van der Waals surface area contributed by atoms with Crippen LogP contribution in [0.2, 0.25) is 0 Å². The smallest absolute Gasteiger partial charge is 0.374 e. The van der Waals surface area contributed by atoms with Crippen molar-refractivity contribution in [3.63, 3.8) is 0 Å². The second-order valence-corrected chi connectivity index (χ2v) is 11.6. The molecule has 1 rings (SSSR count). The lowest BCUT2D eigenvalue weighted by molar-refractivity contribution is -0.558. The molecule has 0 aliphatic carbocycles. The predicted molar refractivity (Wildman–Crippen MR) is 112 cm³/mol. The highest BCUT2D eigenvalue weighted by molar-refractivity contribution is 7.91. The zero-order valence-electron chi connectivity index (χ0n) is 23.1. The monoisotopic (exact) mass is 814 g/mol. The predicted octanol–water partition coefficient (Wildman–Crippen LogP) is 8.56. The number of halogens is 23. The molecule has 0 fully saturated rings. The first-order chi connectivity index (χ1) is 21.6. The summed E-state index contributed by atoms with van der Waals surface area (Å²) in [6, 6.07) is 4.19. The van der Waals surface area contributed by atoms with Gasteiger partial charge in [0.25, 0.3) is 0 Å². The quantitative estimate of drug-likeness (QED) is 0.117.